The van der Waals surface area contributed by atoms with Gasteiger partial charge in [0.05, 0.1) is 16.3 Å². The number of hydrogen-bond acceptors (Lipinski definition) is 4. The molecule has 108 valence electrons. The van der Waals surface area contributed by atoms with E-state index < -0.39 is 10.0 Å². The Morgan fingerprint density at radius 1 is 1.25 bits per heavy atom. The van der Waals surface area contributed by atoms with Crippen molar-refractivity contribution in [3.63, 3.8) is 0 Å². The lowest BCUT2D eigenvalue weighted by atomic mass is 10.3. The van der Waals surface area contributed by atoms with E-state index in [1.165, 1.54) is 12.1 Å². The summed E-state index contributed by atoms with van der Waals surface area (Å²) in [5, 5.41) is 9.58. The van der Waals surface area contributed by atoms with Crippen molar-refractivity contribution >= 4 is 10.0 Å². The van der Waals surface area contributed by atoms with E-state index in [0.717, 1.165) is 23.6 Å². The van der Waals surface area contributed by atoms with Crippen molar-refractivity contribution in [2.45, 2.75) is 18.4 Å². The number of aromatic nitrogens is 2. The molecule has 1 aromatic heterocycles. The molecule has 0 radical (unpaired) electrons. The van der Waals surface area contributed by atoms with Gasteiger partial charge in [-0.1, -0.05) is 0 Å². The Hall–Kier alpha value is -1.70. The molecule has 7 heteroatoms. The summed E-state index contributed by atoms with van der Waals surface area (Å²) < 4.78 is 24.2. The van der Waals surface area contributed by atoms with E-state index in [0.29, 0.717) is 0 Å². The Bertz CT molecular complexity index is 702. The quantitative estimate of drug-likeness (QED) is 0.908. The highest BCUT2D eigenvalue weighted by molar-refractivity contribution is 7.89. The zero-order chi connectivity index (χ0) is 14.9. The maximum Gasteiger partial charge on any atom is 0.238 e. The lowest BCUT2D eigenvalue weighted by molar-refractivity contribution is 0.395. The molecule has 0 unspecified atom stereocenters. The van der Waals surface area contributed by atoms with Crippen LogP contribution in [0.2, 0.25) is 0 Å². The number of nitrogens with zero attached hydrogens (tertiary/aromatic N) is 3. The van der Waals surface area contributed by atoms with Crippen LogP contribution >= 0.6 is 0 Å². The van der Waals surface area contributed by atoms with Crippen molar-refractivity contribution in [2.24, 2.45) is 5.14 Å². The highest BCUT2D eigenvalue weighted by atomic mass is 32.2. The molecule has 0 atom stereocenters. The standard InChI is InChI=1S/C13H18N4O2S/c1-10-8-11(9-16(2)3)15-17(10)12-4-6-13(7-5-12)20(14,18)19/h4-8H,9H2,1-3H3,(H2,14,18,19). The number of sulfonamides is 1. The van der Waals surface area contributed by atoms with E-state index in [-0.39, 0.29) is 4.90 Å². The van der Waals surface area contributed by atoms with Crippen LogP contribution in [0.15, 0.2) is 35.2 Å². The molecule has 6 nitrogen and oxygen atoms in total. The van der Waals surface area contributed by atoms with Crippen LogP contribution in [0.1, 0.15) is 11.4 Å². The average molecular weight is 294 g/mol. The zero-order valence-electron chi connectivity index (χ0n) is 11.7. The minimum absolute atomic E-state index is 0.0968. The van der Waals surface area contributed by atoms with Gasteiger partial charge in [-0.15, -0.1) is 0 Å². The Morgan fingerprint density at radius 3 is 2.35 bits per heavy atom. The van der Waals surface area contributed by atoms with E-state index in [4.69, 9.17) is 5.14 Å². The third-order valence-electron chi connectivity index (χ3n) is 2.83. The fourth-order valence-electron chi connectivity index (χ4n) is 1.98. The van der Waals surface area contributed by atoms with Gasteiger partial charge in [-0.2, -0.15) is 5.10 Å². The number of primary sulfonamides is 1. The molecule has 2 N–H and O–H groups in total. The SMILES string of the molecule is Cc1cc(CN(C)C)nn1-c1ccc(S(N)(=O)=O)cc1. The van der Waals surface area contributed by atoms with Crippen molar-refractivity contribution in [1.29, 1.82) is 0 Å². The first-order valence-corrected chi connectivity index (χ1v) is 7.65. The van der Waals surface area contributed by atoms with Crippen LogP contribution in [0.3, 0.4) is 0 Å². The lowest BCUT2D eigenvalue weighted by Gasteiger charge is -2.07. The van der Waals surface area contributed by atoms with Gasteiger partial charge in [-0.3, -0.25) is 0 Å². The van der Waals surface area contributed by atoms with Crippen molar-refractivity contribution in [1.82, 2.24) is 14.7 Å². The molecule has 0 bridgehead atoms. The molecule has 20 heavy (non-hydrogen) atoms. The molecule has 0 aliphatic heterocycles. The smallest absolute Gasteiger partial charge is 0.238 e. The van der Waals surface area contributed by atoms with Gasteiger partial charge in [0.25, 0.3) is 0 Å². The molecule has 1 heterocycles. The van der Waals surface area contributed by atoms with Gasteiger partial charge >= 0.3 is 0 Å². The third-order valence-corrected chi connectivity index (χ3v) is 3.76. The summed E-state index contributed by atoms with van der Waals surface area (Å²) in [7, 11) is 0.304. The van der Waals surface area contributed by atoms with E-state index in [1.54, 1.807) is 16.8 Å². The van der Waals surface area contributed by atoms with Crippen LogP contribution < -0.4 is 5.14 Å². The molecule has 0 aliphatic rings. The summed E-state index contributed by atoms with van der Waals surface area (Å²) in [6, 6.07) is 8.36. The second-order valence-corrected chi connectivity index (χ2v) is 6.53. The first kappa shape index (κ1) is 14.7. The molecule has 0 saturated heterocycles. The first-order valence-electron chi connectivity index (χ1n) is 6.11. The molecular formula is C13H18N4O2S. The van der Waals surface area contributed by atoms with Gasteiger partial charge < -0.3 is 4.90 Å². The van der Waals surface area contributed by atoms with Gasteiger partial charge in [0.2, 0.25) is 10.0 Å². The van der Waals surface area contributed by atoms with Crippen molar-refractivity contribution in [2.75, 3.05) is 14.1 Å². The number of aryl methyl sites for hydroxylation is 1. The molecule has 1 aromatic carbocycles. The monoisotopic (exact) mass is 294 g/mol. The van der Waals surface area contributed by atoms with Crippen molar-refractivity contribution in [3.05, 3.63) is 41.7 Å². The second-order valence-electron chi connectivity index (χ2n) is 4.97. The van der Waals surface area contributed by atoms with Gasteiger partial charge in [0, 0.05) is 12.2 Å². The first-order chi connectivity index (χ1) is 9.27. The summed E-state index contributed by atoms with van der Waals surface area (Å²) in [5.41, 5.74) is 2.76. The molecule has 0 amide bonds. The maximum atomic E-state index is 11.2. The zero-order valence-corrected chi connectivity index (χ0v) is 12.6. The fraction of sp³-hybridized carbons (Fsp3) is 0.308. The van der Waals surface area contributed by atoms with Crippen LogP contribution in [0.4, 0.5) is 0 Å². The average Bonchev–Trinajstić information content (AvgIpc) is 2.68. The van der Waals surface area contributed by atoms with Gasteiger partial charge in [-0.05, 0) is 51.4 Å². The fourth-order valence-corrected chi connectivity index (χ4v) is 2.49. The summed E-state index contributed by atoms with van der Waals surface area (Å²) in [5.74, 6) is 0. The van der Waals surface area contributed by atoms with E-state index in [1.807, 2.05) is 32.0 Å². The van der Waals surface area contributed by atoms with Crippen molar-refractivity contribution < 1.29 is 8.42 Å². The van der Waals surface area contributed by atoms with Gasteiger partial charge in [0.15, 0.2) is 0 Å². The molecule has 0 fully saturated rings. The Kier molecular flexibility index (Phi) is 3.94. The maximum absolute atomic E-state index is 11.2. The Labute approximate surface area is 118 Å². The summed E-state index contributed by atoms with van der Waals surface area (Å²) in [4.78, 5) is 2.13. The van der Waals surface area contributed by atoms with Crippen LogP contribution in [-0.4, -0.2) is 37.2 Å². The number of benzene rings is 1. The van der Waals surface area contributed by atoms with Gasteiger partial charge in [-0.25, -0.2) is 18.2 Å². The minimum atomic E-state index is -3.66. The number of nitrogens with two attached hydrogens (primary N) is 1. The molecule has 0 aliphatic carbocycles. The molecule has 2 rings (SSSR count). The van der Waals surface area contributed by atoms with Crippen molar-refractivity contribution in [3.8, 4) is 5.69 Å². The normalized spacial score (nSPS) is 12.1. The third kappa shape index (κ3) is 3.24. The lowest BCUT2D eigenvalue weighted by Crippen LogP contribution is -2.12. The molecule has 2 aromatic rings. The van der Waals surface area contributed by atoms with E-state index in [9.17, 15) is 8.42 Å². The number of hydrogen-bond donors (Lipinski definition) is 1. The molecule has 0 spiro atoms. The topological polar surface area (TPSA) is 81.2 Å². The highest BCUT2D eigenvalue weighted by Crippen LogP contribution is 2.15. The predicted molar refractivity (Wildman–Crippen MR) is 77.1 cm³/mol. The van der Waals surface area contributed by atoms with E-state index >= 15 is 0 Å². The van der Waals surface area contributed by atoms with E-state index in [2.05, 4.69) is 5.10 Å². The Morgan fingerprint density at radius 2 is 1.85 bits per heavy atom. The van der Waals surface area contributed by atoms with Crippen LogP contribution in [0.5, 0.6) is 0 Å². The number of rotatable bonds is 4. The second kappa shape index (κ2) is 5.35. The largest absolute Gasteiger partial charge is 0.304 e. The summed E-state index contributed by atoms with van der Waals surface area (Å²) >= 11 is 0. The molecule has 0 saturated carbocycles. The summed E-state index contributed by atoms with van der Waals surface area (Å²) in [6.07, 6.45) is 0. The predicted octanol–water partition coefficient (Wildman–Crippen LogP) is 0.890. The minimum Gasteiger partial charge on any atom is -0.304 e. The molecular weight excluding hydrogens is 276 g/mol. The van der Waals surface area contributed by atoms with Crippen LogP contribution in [-0.2, 0) is 16.6 Å². The van der Waals surface area contributed by atoms with Gasteiger partial charge in [0.1, 0.15) is 0 Å². The van der Waals surface area contributed by atoms with Crippen LogP contribution in [0.25, 0.3) is 5.69 Å². The highest BCUT2D eigenvalue weighted by Gasteiger charge is 2.10. The summed E-state index contributed by atoms with van der Waals surface area (Å²) in [6.45, 7) is 2.71. The van der Waals surface area contributed by atoms with Crippen LogP contribution in [0, 0.1) is 6.92 Å². The Balaban J connectivity index is 2.35.